The van der Waals surface area contributed by atoms with Crippen LogP contribution >= 0.6 is 11.8 Å². The van der Waals surface area contributed by atoms with Crippen LogP contribution in [0.25, 0.3) is 0 Å². The summed E-state index contributed by atoms with van der Waals surface area (Å²) >= 11 is 2.08. The van der Waals surface area contributed by atoms with E-state index in [1.807, 2.05) is 0 Å². The molecule has 1 unspecified atom stereocenters. The Kier molecular flexibility index (Phi) is 2.84. The first-order valence-corrected chi connectivity index (χ1v) is 7.23. The van der Waals surface area contributed by atoms with Crippen molar-refractivity contribution < 1.29 is 0 Å². The van der Waals surface area contributed by atoms with Gasteiger partial charge in [-0.1, -0.05) is 43.2 Å². The molecule has 1 aromatic carbocycles. The van der Waals surface area contributed by atoms with Crippen LogP contribution in [-0.4, -0.2) is 12.4 Å². The number of hydrogen-bond acceptors (Lipinski definition) is 2. The summed E-state index contributed by atoms with van der Waals surface area (Å²) in [4.78, 5) is 3.97. The average Bonchev–Trinajstić information content (AvgIpc) is 2.69. The van der Waals surface area contributed by atoms with E-state index in [4.69, 9.17) is 0 Å². The van der Waals surface area contributed by atoms with Crippen LogP contribution in [0.15, 0.2) is 29.2 Å². The highest BCUT2D eigenvalue weighted by molar-refractivity contribution is 8.00. The molecule has 2 aliphatic rings. The molecule has 0 spiro atoms. The van der Waals surface area contributed by atoms with Crippen LogP contribution in [0.5, 0.6) is 0 Å². The molecule has 16 heavy (non-hydrogen) atoms. The molecule has 1 atom stereocenters. The van der Waals surface area contributed by atoms with Crippen molar-refractivity contribution in [2.24, 2.45) is 5.92 Å². The summed E-state index contributed by atoms with van der Waals surface area (Å²) in [5.74, 6) is 0.899. The minimum atomic E-state index is 0.692. The van der Waals surface area contributed by atoms with Gasteiger partial charge in [-0.05, 0) is 30.9 Å². The SMILES string of the molecule is CN1c2ccccc2SC1C1CCCCC1. The Morgan fingerprint density at radius 3 is 2.62 bits per heavy atom. The number of nitrogens with zero attached hydrogens (tertiary/aromatic N) is 1. The van der Waals surface area contributed by atoms with E-state index in [-0.39, 0.29) is 0 Å². The van der Waals surface area contributed by atoms with Crippen molar-refractivity contribution in [2.45, 2.75) is 42.4 Å². The number of hydrogen-bond donors (Lipinski definition) is 0. The Morgan fingerprint density at radius 1 is 1.12 bits per heavy atom. The fourth-order valence-electron chi connectivity index (χ4n) is 3.03. The van der Waals surface area contributed by atoms with Crippen molar-refractivity contribution in [1.82, 2.24) is 0 Å². The first-order chi connectivity index (χ1) is 7.86. The molecule has 0 bridgehead atoms. The van der Waals surface area contributed by atoms with Gasteiger partial charge in [0.05, 0.1) is 11.1 Å². The zero-order chi connectivity index (χ0) is 11.0. The van der Waals surface area contributed by atoms with Crippen LogP contribution in [0.2, 0.25) is 0 Å². The van der Waals surface area contributed by atoms with Gasteiger partial charge in [0.2, 0.25) is 0 Å². The Hall–Kier alpha value is -0.630. The van der Waals surface area contributed by atoms with Crippen LogP contribution in [0.3, 0.4) is 0 Å². The highest BCUT2D eigenvalue weighted by Gasteiger charge is 2.33. The van der Waals surface area contributed by atoms with Gasteiger partial charge in [-0.3, -0.25) is 0 Å². The third kappa shape index (κ3) is 1.73. The molecule has 1 saturated carbocycles. The van der Waals surface area contributed by atoms with E-state index in [2.05, 4.69) is 48.0 Å². The molecule has 0 N–H and O–H groups in total. The summed E-state index contributed by atoms with van der Waals surface area (Å²) in [6, 6.07) is 8.83. The monoisotopic (exact) mass is 233 g/mol. The molecule has 1 aliphatic carbocycles. The first-order valence-electron chi connectivity index (χ1n) is 6.35. The lowest BCUT2D eigenvalue weighted by Gasteiger charge is -2.32. The summed E-state index contributed by atoms with van der Waals surface area (Å²) < 4.78 is 0. The van der Waals surface area contributed by atoms with Crippen LogP contribution in [0.4, 0.5) is 5.69 Å². The Bertz CT molecular complexity index is 371. The van der Waals surface area contributed by atoms with Gasteiger partial charge in [0.1, 0.15) is 0 Å². The largest absolute Gasteiger partial charge is 0.361 e. The zero-order valence-electron chi connectivity index (χ0n) is 9.86. The van der Waals surface area contributed by atoms with Crippen LogP contribution in [0, 0.1) is 5.92 Å². The van der Waals surface area contributed by atoms with Gasteiger partial charge in [-0.25, -0.2) is 0 Å². The Morgan fingerprint density at radius 2 is 1.88 bits per heavy atom. The highest BCUT2D eigenvalue weighted by atomic mass is 32.2. The predicted molar refractivity (Wildman–Crippen MR) is 71.1 cm³/mol. The molecule has 0 radical (unpaired) electrons. The van der Waals surface area contributed by atoms with Crippen LogP contribution in [0.1, 0.15) is 32.1 Å². The van der Waals surface area contributed by atoms with Gasteiger partial charge < -0.3 is 4.90 Å². The van der Waals surface area contributed by atoms with E-state index < -0.39 is 0 Å². The summed E-state index contributed by atoms with van der Waals surface area (Å²) in [5.41, 5.74) is 1.43. The van der Waals surface area contributed by atoms with Gasteiger partial charge in [0.15, 0.2) is 0 Å². The average molecular weight is 233 g/mol. The molecule has 0 saturated heterocycles. The van der Waals surface area contributed by atoms with Gasteiger partial charge in [-0.15, -0.1) is 0 Å². The molecule has 86 valence electrons. The molecule has 3 rings (SSSR count). The normalized spacial score (nSPS) is 25.8. The summed E-state index contributed by atoms with van der Waals surface area (Å²) in [6.07, 6.45) is 7.17. The van der Waals surface area contributed by atoms with Crippen molar-refractivity contribution in [1.29, 1.82) is 0 Å². The van der Waals surface area contributed by atoms with E-state index in [1.54, 1.807) is 0 Å². The lowest BCUT2D eigenvalue weighted by atomic mass is 9.88. The van der Waals surface area contributed by atoms with E-state index >= 15 is 0 Å². The number of benzene rings is 1. The summed E-state index contributed by atoms with van der Waals surface area (Å²) in [5, 5.41) is 0.692. The smallest absolute Gasteiger partial charge is 0.0822 e. The van der Waals surface area contributed by atoms with Crippen molar-refractivity contribution in [3.8, 4) is 0 Å². The Balaban J connectivity index is 1.80. The first kappa shape index (κ1) is 10.5. The standard InChI is InChI=1S/C14H19NS/c1-15-12-9-5-6-10-13(12)16-14(15)11-7-3-2-4-8-11/h5-6,9-11,14H,2-4,7-8H2,1H3. The van der Waals surface area contributed by atoms with Crippen molar-refractivity contribution in [2.75, 3.05) is 11.9 Å². The van der Waals surface area contributed by atoms with E-state index in [0.29, 0.717) is 5.37 Å². The molecule has 0 aromatic heterocycles. The van der Waals surface area contributed by atoms with E-state index in [1.165, 1.54) is 42.7 Å². The fourth-order valence-corrected chi connectivity index (χ4v) is 4.51. The molecule has 1 aliphatic heterocycles. The van der Waals surface area contributed by atoms with Crippen molar-refractivity contribution in [3.63, 3.8) is 0 Å². The van der Waals surface area contributed by atoms with Gasteiger partial charge in [0.25, 0.3) is 0 Å². The second-order valence-electron chi connectivity index (χ2n) is 4.99. The topological polar surface area (TPSA) is 3.24 Å². The van der Waals surface area contributed by atoms with E-state index in [0.717, 1.165) is 5.92 Å². The minimum absolute atomic E-state index is 0.692. The summed E-state index contributed by atoms with van der Waals surface area (Å²) in [6.45, 7) is 0. The third-order valence-corrected chi connectivity index (χ3v) is 5.47. The molecule has 0 amide bonds. The third-order valence-electron chi connectivity index (χ3n) is 3.93. The predicted octanol–water partition coefficient (Wildman–Crippen LogP) is 4.13. The fraction of sp³-hybridized carbons (Fsp3) is 0.571. The van der Waals surface area contributed by atoms with Crippen LogP contribution in [-0.2, 0) is 0 Å². The van der Waals surface area contributed by atoms with Gasteiger partial charge in [-0.2, -0.15) is 0 Å². The van der Waals surface area contributed by atoms with E-state index in [9.17, 15) is 0 Å². The molecular formula is C14H19NS. The van der Waals surface area contributed by atoms with Crippen molar-refractivity contribution >= 4 is 17.4 Å². The molecule has 1 fully saturated rings. The second-order valence-corrected chi connectivity index (χ2v) is 6.14. The quantitative estimate of drug-likeness (QED) is 0.717. The number of thioether (sulfide) groups is 1. The zero-order valence-corrected chi connectivity index (χ0v) is 10.7. The maximum atomic E-state index is 2.50. The molecule has 1 heterocycles. The summed E-state index contributed by atoms with van der Waals surface area (Å²) in [7, 11) is 2.26. The Labute approximate surface area is 102 Å². The lowest BCUT2D eigenvalue weighted by Crippen LogP contribution is -2.33. The molecule has 1 nitrogen and oxygen atoms in total. The second kappa shape index (κ2) is 4.33. The minimum Gasteiger partial charge on any atom is -0.361 e. The molecule has 2 heteroatoms. The maximum Gasteiger partial charge on any atom is 0.0822 e. The lowest BCUT2D eigenvalue weighted by molar-refractivity contribution is 0.348. The number of fused-ring (bicyclic) bond motifs is 1. The number of anilines is 1. The van der Waals surface area contributed by atoms with Crippen molar-refractivity contribution in [3.05, 3.63) is 24.3 Å². The maximum absolute atomic E-state index is 2.50. The number of rotatable bonds is 1. The number of para-hydroxylation sites is 1. The highest BCUT2D eigenvalue weighted by Crippen LogP contribution is 2.47. The van der Waals surface area contributed by atoms with Gasteiger partial charge >= 0.3 is 0 Å². The molecular weight excluding hydrogens is 214 g/mol. The van der Waals surface area contributed by atoms with Gasteiger partial charge in [0, 0.05) is 11.9 Å². The molecule has 1 aromatic rings. The van der Waals surface area contributed by atoms with Crippen LogP contribution < -0.4 is 4.90 Å².